The van der Waals surface area contributed by atoms with Crippen molar-refractivity contribution in [2.75, 3.05) is 38.0 Å². The maximum absolute atomic E-state index is 13.2. The third-order valence-corrected chi connectivity index (χ3v) is 7.12. The second-order valence-electron chi connectivity index (χ2n) is 8.24. The number of carbonyl (C=O) groups excluding carboxylic acids is 2. The average molecular weight is 486 g/mol. The van der Waals surface area contributed by atoms with Crippen molar-refractivity contribution in [3.8, 4) is 0 Å². The lowest BCUT2D eigenvalue weighted by molar-refractivity contribution is -0.209. The zero-order valence-corrected chi connectivity index (χ0v) is 21.4. The number of carbonyl (C=O) groups is 2. The summed E-state index contributed by atoms with van der Waals surface area (Å²) in [5.74, 6) is -0.887. The summed E-state index contributed by atoms with van der Waals surface area (Å²) in [6.07, 6.45) is 5.03. The summed E-state index contributed by atoms with van der Waals surface area (Å²) in [5, 5.41) is 0. The molecule has 0 N–H and O–H groups in total. The van der Waals surface area contributed by atoms with Gasteiger partial charge in [0, 0.05) is 31.2 Å². The Morgan fingerprint density at radius 2 is 1.74 bits per heavy atom. The number of hydrogen-bond donors (Lipinski definition) is 0. The van der Waals surface area contributed by atoms with Gasteiger partial charge in [0.25, 0.3) is 11.7 Å². The highest BCUT2D eigenvalue weighted by molar-refractivity contribution is 7.99. The number of aryl methyl sites for hydroxylation is 1. The first-order valence-electron chi connectivity index (χ1n) is 12.0. The molecule has 0 saturated heterocycles. The van der Waals surface area contributed by atoms with Crippen molar-refractivity contribution in [2.24, 2.45) is 0 Å². The molecule has 2 aromatic carbocycles. The Hall–Kier alpha value is -2.35. The minimum absolute atomic E-state index is 0.156. The van der Waals surface area contributed by atoms with Gasteiger partial charge in [0.1, 0.15) is 0 Å². The number of fused-ring (bicyclic) bond motifs is 1. The number of unbranched alkanes of at least 4 members (excludes halogenated alkanes) is 2. The van der Waals surface area contributed by atoms with Crippen LogP contribution in [0, 0.1) is 0 Å². The molecule has 1 heterocycles. The fraction of sp³-hybridized carbons (Fsp3) is 0.481. The SMILES string of the molecule is CCCCCN1C(=O)C(OC)(OC)c2cc(SCCCc3ccc(C(=O)OCC)cc3)ccc21. The number of rotatable bonds is 13. The largest absolute Gasteiger partial charge is 0.462 e. The quantitative estimate of drug-likeness (QED) is 0.160. The van der Waals surface area contributed by atoms with E-state index in [1.807, 2.05) is 36.4 Å². The van der Waals surface area contributed by atoms with Crippen LogP contribution < -0.4 is 4.90 Å². The molecule has 0 saturated carbocycles. The van der Waals surface area contributed by atoms with Crippen LogP contribution in [0.3, 0.4) is 0 Å². The zero-order valence-electron chi connectivity index (χ0n) is 20.6. The van der Waals surface area contributed by atoms with Crippen molar-refractivity contribution < 1.29 is 23.8 Å². The number of ether oxygens (including phenoxy) is 3. The van der Waals surface area contributed by atoms with Crippen LogP contribution in [-0.2, 0) is 31.2 Å². The molecule has 0 fully saturated rings. The first-order valence-corrected chi connectivity index (χ1v) is 12.9. The Morgan fingerprint density at radius 3 is 2.38 bits per heavy atom. The summed E-state index contributed by atoms with van der Waals surface area (Å²) in [4.78, 5) is 27.9. The van der Waals surface area contributed by atoms with Gasteiger partial charge in [-0.2, -0.15) is 0 Å². The molecule has 0 bridgehead atoms. The predicted octanol–water partition coefficient (Wildman–Crippen LogP) is 5.57. The van der Waals surface area contributed by atoms with Crippen LogP contribution in [-0.4, -0.2) is 45.0 Å². The Kier molecular flexibility index (Phi) is 9.56. The molecule has 34 heavy (non-hydrogen) atoms. The molecule has 1 aliphatic heterocycles. The number of nitrogens with zero attached hydrogens (tertiary/aromatic N) is 1. The minimum Gasteiger partial charge on any atom is -0.462 e. The monoisotopic (exact) mass is 485 g/mol. The van der Waals surface area contributed by atoms with E-state index in [0.717, 1.165) is 54.0 Å². The lowest BCUT2D eigenvalue weighted by Gasteiger charge is -2.25. The van der Waals surface area contributed by atoms with Crippen LogP contribution in [0.15, 0.2) is 47.4 Å². The maximum atomic E-state index is 13.2. The summed E-state index contributed by atoms with van der Waals surface area (Å²) in [6.45, 7) is 4.99. The van der Waals surface area contributed by atoms with Gasteiger partial charge < -0.3 is 19.1 Å². The van der Waals surface area contributed by atoms with Crippen molar-refractivity contribution in [3.63, 3.8) is 0 Å². The number of esters is 1. The Balaban J connectivity index is 1.62. The molecular weight excluding hydrogens is 450 g/mol. The molecule has 7 heteroatoms. The number of benzene rings is 2. The normalized spacial score (nSPS) is 14.4. The van der Waals surface area contributed by atoms with Crippen LogP contribution in [0.25, 0.3) is 0 Å². The molecule has 0 radical (unpaired) electrons. The van der Waals surface area contributed by atoms with Crippen molar-refractivity contribution in [1.29, 1.82) is 0 Å². The highest BCUT2D eigenvalue weighted by Crippen LogP contribution is 2.44. The van der Waals surface area contributed by atoms with E-state index >= 15 is 0 Å². The molecular formula is C27H35NO5S. The van der Waals surface area contributed by atoms with Gasteiger partial charge in [0.15, 0.2) is 0 Å². The minimum atomic E-state index is -1.38. The molecule has 184 valence electrons. The third-order valence-electron chi connectivity index (χ3n) is 6.04. The molecule has 0 aromatic heterocycles. The highest BCUT2D eigenvalue weighted by atomic mass is 32.2. The Morgan fingerprint density at radius 1 is 1.00 bits per heavy atom. The van der Waals surface area contributed by atoms with Crippen molar-refractivity contribution in [1.82, 2.24) is 0 Å². The summed E-state index contributed by atoms with van der Waals surface area (Å²) in [7, 11) is 3.04. The summed E-state index contributed by atoms with van der Waals surface area (Å²) in [5.41, 5.74) is 3.42. The summed E-state index contributed by atoms with van der Waals surface area (Å²) in [6, 6.07) is 13.7. The van der Waals surface area contributed by atoms with E-state index in [4.69, 9.17) is 14.2 Å². The average Bonchev–Trinajstić information content (AvgIpc) is 3.09. The van der Waals surface area contributed by atoms with Gasteiger partial charge in [-0.15, -0.1) is 11.8 Å². The molecule has 1 amide bonds. The topological polar surface area (TPSA) is 65.1 Å². The highest BCUT2D eigenvalue weighted by Gasteiger charge is 2.52. The van der Waals surface area contributed by atoms with Gasteiger partial charge in [-0.25, -0.2) is 4.79 Å². The van der Waals surface area contributed by atoms with Crippen LogP contribution in [0.1, 0.15) is 61.0 Å². The molecule has 6 nitrogen and oxygen atoms in total. The van der Waals surface area contributed by atoms with Gasteiger partial charge >= 0.3 is 5.97 Å². The lowest BCUT2D eigenvalue weighted by atomic mass is 10.1. The second-order valence-corrected chi connectivity index (χ2v) is 9.41. The van der Waals surface area contributed by atoms with E-state index in [1.165, 1.54) is 19.8 Å². The van der Waals surface area contributed by atoms with E-state index in [-0.39, 0.29) is 11.9 Å². The number of anilines is 1. The van der Waals surface area contributed by atoms with E-state index in [0.29, 0.717) is 18.7 Å². The first kappa shape index (κ1) is 26.3. The van der Waals surface area contributed by atoms with Crippen molar-refractivity contribution in [2.45, 2.75) is 56.6 Å². The lowest BCUT2D eigenvalue weighted by Crippen LogP contribution is -2.43. The molecule has 2 aromatic rings. The fourth-order valence-electron chi connectivity index (χ4n) is 4.21. The van der Waals surface area contributed by atoms with Crippen molar-refractivity contribution >= 4 is 29.3 Å². The predicted molar refractivity (Wildman–Crippen MR) is 135 cm³/mol. The van der Waals surface area contributed by atoms with Crippen molar-refractivity contribution in [3.05, 3.63) is 59.2 Å². The van der Waals surface area contributed by atoms with Gasteiger partial charge in [-0.1, -0.05) is 31.9 Å². The van der Waals surface area contributed by atoms with Gasteiger partial charge in [-0.3, -0.25) is 4.79 Å². The van der Waals surface area contributed by atoms with Crippen LogP contribution in [0.2, 0.25) is 0 Å². The standard InChI is InChI=1S/C27H35NO5S/c1-5-7-8-17-28-24-16-15-22(19-23(24)27(31-3,32-4)26(28)30)34-18-9-10-20-11-13-21(14-12-20)25(29)33-6-2/h11-16,19H,5-10,17-18H2,1-4H3. The van der Waals surface area contributed by atoms with Gasteiger partial charge in [-0.05, 0) is 67.8 Å². The number of hydrogen-bond acceptors (Lipinski definition) is 6. The molecule has 0 spiro atoms. The van der Waals surface area contributed by atoms with E-state index in [1.54, 1.807) is 23.6 Å². The molecule has 0 atom stereocenters. The zero-order chi connectivity index (χ0) is 24.6. The maximum Gasteiger partial charge on any atom is 0.338 e. The van der Waals surface area contributed by atoms with E-state index < -0.39 is 5.79 Å². The van der Waals surface area contributed by atoms with Crippen LogP contribution in [0.4, 0.5) is 5.69 Å². The van der Waals surface area contributed by atoms with Gasteiger partial charge in [0.2, 0.25) is 0 Å². The third kappa shape index (κ3) is 5.65. The molecule has 0 unspecified atom stereocenters. The Labute approximate surface area is 207 Å². The first-order chi connectivity index (χ1) is 16.5. The fourth-order valence-corrected chi connectivity index (χ4v) is 5.10. The second kappa shape index (κ2) is 12.4. The number of thioether (sulfide) groups is 1. The molecule has 0 aliphatic carbocycles. The molecule has 3 rings (SSSR count). The number of amides is 1. The summed E-state index contributed by atoms with van der Waals surface area (Å²) >= 11 is 1.75. The van der Waals surface area contributed by atoms with Crippen LogP contribution in [0.5, 0.6) is 0 Å². The number of methoxy groups -OCH3 is 2. The smallest absolute Gasteiger partial charge is 0.338 e. The Bertz CT molecular complexity index is 971. The summed E-state index contributed by atoms with van der Waals surface area (Å²) < 4.78 is 16.3. The van der Waals surface area contributed by atoms with Crippen LogP contribution >= 0.6 is 11.8 Å². The molecule has 1 aliphatic rings. The van der Waals surface area contributed by atoms with Gasteiger partial charge in [0.05, 0.1) is 17.9 Å². The van der Waals surface area contributed by atoms with E-state index in [2.05, 4.69) is 13.0 Å². The van der Waals surface area contributed by atoms with E-state index in [9.17, 15) is 9.59 Å².